The van der Waals surface area contributed by atoms with Gasteiger partial charge in [-0.05, 0) is 45.1 Å². The maximum absolute atomic E-state index is 12.1. The predicted molar refractivity (Wildman–Crippen MR) is 101 cm³/mol. The third kappa shape index (κ3) is 3.86. The summed E-state index contributed by atoms with van der Waals surface area (Å²) in [5.41, 5.74) is 4.09. The minimum absolute atomic E-state index is 0.444. The molecule has 25 heavy (non-hydrogen) atoms. The number of nitrogens with one attached hydrogen (secondary N) is 1. The number of benzene rings is 2. The summed E-state index contributed by atoms with van der Waals surface area (Å²) in [4.78, 5) is 26.2. The molecule has 3 rings (SSSR count). The van der Waals surface area contributed by atoms with Crippen LogP contribution >= 0.6 is 0 Å². The number of hydrogen-bond donors (Lipinski definition) is 1. The number of ketones is 2. The summed E-state index contributed by atoms with van der Waals surface area (Å²) in [6.45, 7) is 1.02. The zero-order valence-electron chi connectivity index (χ0n) is 14.6. The lowest BCUT2D eigenvalue weighted by Crippen LogP contribution is -2.21. The predicted octanol–water partition coefficient (Wildman–Crippen LogP) is 3.40. The van der Waals surface area contributed by atoms with Gasteiger partial charge in [-0.3, -0.25) is 9.59 Å². The molecular weight excluding hydrogens is 312 g/mol. The standard InChI is InChI=1S/C21H22N2O2/c1-23(2)13-7-9-15-8-3-6-12-18(15)22-19-14-20(24)21(25)17-11-5-4-10-16(17)19/h3-6,8,10-12,14,22H,7,9,13H2,1-2H3. The molecule has 1 N–H and O–H groups in total. The van der Waals surface area contributed by atoms with Crippen LogP contribution in [0.15, 0.2) is 54.6 Å². The van der Waals surface area contributed by atoms with E-state index in [1.165, 1.54) is 11.6 Å². The van der Waals surface area contributed by atoms with Gasteiger partial charge < -0.3 is 10.2 Å². The number of carbonyl (C=O) groups excluding carboxylic acids is 2. The lowest BCUT2D eigenvalue weighted by Gasteiger charge is -2.20. The molecule has 4 heteroatoms. The number of para-hydroxylation sites is 1. The number of hydrogen-bond acceptors (Lipinski definition) is 4. The molecule has 0 bridgehead atoms. The number of nitrogens with zero attached hydrogens (tertiary/aromatic N) is 1. The molecule has 0 fully saturated rings. The smallest absolute Gasteiger partial charge is 0.233 e. The molecule has 0 atom stereocenters. The zero-order chi connectivity index (χ0) is 17.8. The Morgan fingerprint density at radius 1 is 0.920 bits per heavy atom. The van der Waals surface area contributed by atoms with Gasteiger partial charge in [-0.15, -0.1) is 0 Å². The zero-order valence-corrected chi connectivity index (χ0v) is 14.6. The fourth-order valence-electron chi connectivity index (χ4n) is 3.02. The van der Waals surface area contributed by atoms with Crippen LogP contribution in [-0.4, -0.2) is 37.1 Å². The van der Waals surface area contributed by atoms with Gasteiger partial charge >= 0.3 is 0 Å². The lowest BCUT2D eigenvalue weighted by atomic mass is 9.92. The van der Waals surface area contributed by atoms with Crippen molar-refractivity contribution in [1.82, 2.24) is 4.90 Å². The van der Waals surface area contributed by atoms with E-state index in [1.54, 1.807) is 12.1 Å². The molecule has 0 amide bonds. The normalized spacial score (nSPS) is 13.6. The molecule has 4 nitrogen and oxygen atoms in total. The Morgan fingerprint density at radius 2 is 1.60 bits per heavy atom. The van der Waals surface area contributed by atoms with Crippen molar-refractivity contribution in [2.75, 3.05) is 26.0 Å². The SMILES string of the molecule is CN(C)CCCc1ccccc1NC1=CC(=O)C(=O)c2ccccc21. The first-order chi connectivity index (χ1) is 12.1. The van der Waals surface area contributed by atoms with E-state index in [0.717, 1.165) is 30.6 Å². The molecule has 0 saturated heterocycles. The molecule has 1 aliphatic carbocycles. The Bertz CT molecular complexity index is 837. The fraction of sp³-hybridized carbons (Fsp3) is 0.238. The first-order valence-electron chi connectivity index (χ1n) is 8.45. The van der Waals surface area contributed by atoms with Crippen LogP contribution in [0.4, 0.5) is 5.69 Å². The maximum Gasteiger partial charge on any atom is 0.233 e. The summed E-state index contributed by atoms with van der Waals surface area (Å²) >= 11 is 0. The third-order valence-electron chi connectivity index (χ3n) is 4.30. The van der Waals surface area contributed by atoms with Crippen molar-refractivity contribution in [2.45, 2.75) is 12.8 Å². The van der Waals surface area contributed by atoms with Crippen LogP contribution in [0.1, 0.15) is 27.9 Å². The topological polar surface area (TPSA) is 49.4 Å². The summed E-state index contributed by atoms with van der Waals surface area (Å²) in [6, 6.07) is 15.3. The minimum atomic E-state index is -0.480. The van der Waals surface area contributed by atoms with E-state index in [0.29, 0.717) is 11.3 Å². The number of allylic oxidation sites excluding steroid dienone is 1. The number of Topliss-reactive ketones (excluding diaryl/α,β-unsaturated/α-hetero) is 1. The van der Waals surface area contributed by atoms with Gasteiger partial charge in [0.2, 0.25) is 11.6 Å². The first kappa shape index (κ1) is 17.1. The van der Waals surface area contributed by atoms with Crippen LogP contribution < -0.4 is 5.32 Å². The van der Waals surface area contributed by atoms with Gasteiger partial charge in [0.25, 0.3) is 0 Å². The van der Waals surface area contributed by atoms with Crippen LogP contribution in [-0.2, 0) is 11.2 Å². The monoisotopic (exact) mass is 334 g/mol. The Morgan fingerprint density at radius 3 is 2.36 bits per heavy atom. The molecule has 0 heterocycles. The summed E-state index contributed by atoms with van der Waals surface area (Å²) in [6.07, 6.45) is 3.41. The van der Waals surface area contributed by atoms with Crippen molar-refractivity contribution in [3.8, 4) is 0 Å². The molecule has 2 aromatic carbocycles. The highest BCUT2D eigenvalue weighted by molar-refractivity contribution is 6.50. The van der Waals surface area contributed by atoms with Gasteiger partial charge in [0.05, 0.1) is 5.70 Å². The highest BCUT2D eigenvalue weighted by atomic mass is 16.2. The van der Waals surface area contributed by atoms with Crippen LogP contribution in [0.25, 0.3) is 5.70 Å². The highest BCUT2D eigenvalue weighted by Gasteiger charge is 2.25. The molecule has 0 aliphatic heterocycles. The minimum Gasteiger partial charge on any atom is -0.355 e. The summed E-state index contributed by atoms with van der Waals surface area (Å²) in [5.74, 6) is -0.924. The molecular formula is C21H22N2O2. The lowest BCUT2D eigenvalue weighted by molar-refractivity contribution is -0.111. The van der Waals surface area contributed by atoms with Gasteiger partial charge in [-0.25, -0.2) is 0 Å². The van der Waals surface area contributed by atoms with Crippen LogP contribution in [0.2, 0.25) is 0 Å². The fourth-order valence-corrected chi connectivity index (χ4v) is 3.02. The Hall–Kier alpha value is -2.72. The first-order valence-corrected chi connectivity index (χ1v) is 8.45. The second-order valence-electron chi connectivity index (χ2n) is 6.49. The second-order valence-corrected chi connectivity index (χ2v) is 6.49. The van der Waals surface area contributed by atoms with Crippen molar-refractivity contribution < 1.29 is 9.59 Å². The van der Waals surface area contributed by atoms with Gasteiger partial charge in [0.1, 0.15) is 0 Å². The van der Waals surface area contributed by atoms with Crippen molar-refractivity contribution in [3.05, 3.63) is 71.3 Å². The number of carbonyl (C=O) groups is 2. The summed E-state index contributed by atoms with van der Waals surface area (Å²) < 4.78 is 0. The molecule has 0 spiro atoms. The van der Waals surface area contributed by atoms with E-state index in [4.69, 9.17) is 0 Å². The van der Waals surface area contributed by atoms with Gasteiger partial charge in [-0.2, -0.15) is 0 Å². The number of aryl methyl sites for hydroxylation is 1. The molecule has 0 radical (unpaired) electrons. The molecule has 1 aliphatic rings. The summed E-state index contributed by atoms with van der Waals surface area (Å²) in [5, 5.41) is 3.37. The Kier molecular flexibility index (Phi) is 5.10. The quantitative estimate of drug-likeness (QED) is 0.823. The average molecular weight is 334 g/mol. The maximum atomic E-state index is 12.1. The second kappa shape index (κ2) is 7.45. The summed E-state index contributed by atoms with van der Waals surface area (Å²) in [7, 11) is 4.13. The third-order valence-corrected chi connectivity index (χ3v) is 4.30. The molecule has 0 unspecified atom stereocenters. The van der Waals surface area contributed by atoms with E-state index in [1.807, 2.05) is 30.3 Å². The Balaban J connectivity index is 1.86. The van der Waals surface area contributed by atoms with Crippen molar-refractivity contribution >= 4 is 23.0 Å². The van der Waals surface area contributed by atoms with Crippen molar-refractivity contribution in [1.29, 1.82) is 0 Å². The molecule has 128 valence electrons. The van der Waals surface area contributed by atoms with E-state index in [-0.39, 0.29) is 0 Å². The molecule has 0 aromatic heterocycles. The largest absolute Gasteiger partial charge is 0.355 e. The van der Waals surface area contributed by atoms with Crippen LogP contribution in [0, 0.1) is 0 Å². The number of fused-ring (bicyclic) bond motifs is 1. The Labute approximate surface area is 148 Å². The number of anilines is 1. The molecule has 2 aromatic rings. The molecule has 0 saturated carbocycles. The van der Waals surface area contributed by atoms with E-state index in [2.05, 4.69) is 30.4 Å². The average Bonchev–Trinajstić information content (AvgIpc) is 2.60. The van der Waals surface area contributed by atoms with E-state index < -0.39 is 11.6 Å². The van der Waals surface area contributed by atoms with E-state index in [9.17, 15) is 9.59 Å². The highest BCUT2D eigenvalue weighted by Crippen LogP contribution is 2.28. The van der Waals surface area contributed by atoms with Crippen molar-refractivity contribution in [2.24, 2.45) is 0 Å². The number of rotatable bonds is 6. The van der Waals surface area contributed by atoms with Crippen molar-refractivity contribution in [3.63, 3.8) is 0 Å². The van der Waals surface area contributed by atoms with Gasteiger partial charge in [0.15, 0.2) is 0 Å². The van der Waals surface area contributed by atoms with Crippen LogP contribution in [0.3, 0.4) is 0 Å². The van der Waals surface area contributed by atoms with Crippen LogP contribution in [0.5, 0.6) is 0 Å². The van der Waals surface area contributed by atoms with E-state index >= 15 is 0 Å². The van der Waals surface area contributed by atoms with Gasteiger partial charge in [0, 0.05) is 22.9 Å². The van der Waals surface area contributed by atoms with Gasteiger partial charge in [-0.1, -0.05) is 42.5 Å².